The molecule has 3 N–H and O–H groups in total. The van der Waals surface area contributed by atoms with E-state index in [9.17, 15) is 18.5 Å². The summed E-state index contributed by atoms with van der Waals surface area (Å²) in [5, 5.41) is 19.0. The maximum atomic E-state index is 11.2. The third-order valence-electron chi connectivity index (χ3n) is 3.33. The van der Waals surface area contributed by atoms with Crippen molar-refractivity contribution >= 4 is 21.4 Å². The highest BCUT2D eigenvalue weighted by Crippen LogP contribution is 2.27. The van der Waals surface area contributed by atoms with E-state index in [-0.39, 0.29) is 22.2 Å². The van der Waals surface area contributed by atoms with Gasteiger partial charge in [-0.3, -0.25) is 10.1 Å². The van der Waals surface area contributed by atoms with Gasteiger partial charge in [-0.25, -0.2) is 13.6 Å². The molecule has 1 aliphatic heterocycles. The Morgan fingerprint density at radius 1 is 1.48 bits per heavy atom. The van der Waals surface area contributed by atoms with Crippen LogP contribution >= 0.6 is 0 Å². The number of sulfonamides is 1. The number of nitrogens with two attached hydrogens (primary N) is 1. The molecule has 0 saturated carbocycles. The van der Waals surface area contributed by atoms with E-state index in [0.29, 0.717) is 13.2 Å². The molecule has 0 unspecified atom stereocenters. The first-order chi connectivity index (χ1) is 9.88. The standard InChI is InChI=1S/C12H17N3O5S/c13-21(18,19)10-3-4-11(12(6-10)15(16)17)14-7-9-2-1-5-20-8-9/h3-4,6,9,14H,1-2,5,7-8H2,(H2,13,18,19)/t9-/m1/s1. The predicted octanol–water partition coefficient (Wildman–Crippen LogP) is 1.08. The van der Waals surface area contributed by atoms with Crippen LogP contribution in [0.4, 0.5) is 11.4 Å². The summed E-state index contributed by atoms with van der Waals surface area (Å²) in [4.78, 5) is 10.1. The Balaban J connectivity index is 2.16. The Labute approximate surface area is 122 Å². The molecule has 1 aromatic rings. The Bertz CT molecular complexity index is 626. The molecule has 1 heterocycles. The monoisotopic (exact) mass is 315 g/mol. The number of ether oxygens (including phenoxy) is 1. The smallest absolute Gasteiger partial charge is 0.293 e. The zero-order valence-electron chi connectivity index (χ0n) is 11.3. The lowest BCUT2D eigenvalue weighted by molar-refractivity contribution is -0.384. The molecule has 1 aromatic carbocycles. The summed E-state index contributed by atoms with van der Waals surface area (Å²) < 4.78 is 27.8. The quantitative estimate of drug-likeness (QED) is 0.619. The maximum absolute atomic E-state index is 11.2. The van der Waals surface area contributed by atoms with Gasteiger partial charge in [0, 0.05) is 19.2 Å². The van der Waals surface area contributed by atoms with Crippen molar-refractivity contribution in [2.75, 3.05) is 25.1 Å². The maximum Gasteiger partial charge on any atom is 0.293 e. The van der Waals surface area contributed by atoms with Crippen molar-refractivity contribution in [2.45, 2.75) is 17.7 Å². The van der Waals surface area contributed by atoms with Gasteiger partial charge >= 0.3 is 0 Å². The number of primary sulfonamides is 1. The molecule has 2 rings (SSSR count). The Morgan fingerprint density at radius 2 is 2.24 bits per heavy atom. The predicted molar refractivity (Wildman–Crippen MR) is 76.5 cm³/mol. The van der Waals surface area contributed by atoms with Gasteiger partial charge in [-0.1, -0.05) is 0 Å². The van der Waals surface area contributed by atoms with Crippen LogP contribution in [0.15, 0.2) is 23.1 Å². The van der Waals surface area contributed by atoms with E-state index >= 15 is 0 Å². The molecule has 1 fully saturated rings. The van der Waals surface area contributed by atoms with Gasteiger partial charge < -0.3 is 10.1 Å². The number of rotatable bonds is 5. The molecule has 9 heteroatoms. The van der Waals surface area contributed by atoms with Gasteiger partial charge in [-0.2, -0.15) is 0 Å². The second-order valence-electron chi connectivity index (χ2n) is 4.95. The molecule has 0 aliphatic carbocycles. The van der Waals surface area contributed by atoms with Crippen LogP contribution in [0, 0.1) is 16.0 Å². The van der Waals surface area contributed by atoms with Crippen molar-refractivity contribution in [3.8, 4) is 0 Å². The van der Waals surface area contributed by atoms with Crippen molar-refractivity contribution in [2.24, 2.45) is 11.1 Å². The second kappa shape index (κ2) is 6.37. The largest absolute Gasteiger partial charge is 0.381 e. The van der Waals surface area contributed by atoms with Crippen molar-refractivity contribution in [1.82, 2.24) is 0 Å². The molecular weight excluding hydrogens is 298 g/mol. The molecule has 0 aromatic heterocycles. The van der Waals surface area contributed by atoms with Gasteiger partial charge in [0.05, 0.1) is 16.4 Å². The van der Waals surface area contributed by atoms with E-state index < -0.39 is 14.9 Å². The lowest BCUT2D eigenvalue weighted by Crippen LogP contribution is -2.24. The molecule has 21 heavy (non-hydrogen) atoms. The molecular formula is C12H17N3O5S. The number of nitro benzene ring substituents is 1. The summed E-state index contributed by atoms with van der Waals surface area (Å²) in [6, 6.07) is 3.58. The lowest BCUT2D eigenvalue weighted by atomic mass is 10.0. The van der Waals surface area contributed by atoms with E-state index in [0.717, 1.165) is 25.5 Å². The topological polar surface area (TPSA) is 125 Å². The highest BCUT2D eigenvalue weighted by molar-refractivity contribution is 7.89. The number of nitrogens with zero attached hydrogens (tertiary/aromatic N) is 1. The number of anilines is 1. The van der Waals surface area contributed by atoms with Gasteiger partial charge in [0.2, 0.25) is 10.0 Å². The highest BCUT2D eigenvalue weighted by atomic mass is 32.2. The Hall–Kier alpha value is -1.71. The van der Waals surface area contributed by atoms with Gasteiger partial charge in [0.1, 0.15) is 5.69 Å². The van der Waals surface area contributed by atoms with Crippen LogP contribution in [0.5, 0.6) is 0 Å². The van der Waals surface area contributed by atoms with Crippen LogP contribution < -0.4 is 10.5 Å². The van der Waals surface area contributed by atoms with Crippen LogP contribution in [0.2, 0.25) is 0 Å². The average molecular weight is 315 g/mol. The SMILES string of the molecule is NS(=O)(=O)c1ccc(NC[C@H]2CCCOC2)c([N+](=O)[O-])c1. The summed E-state index contributed by atoms with van der Waals surface area (Å²) in [5.41, 5.74) is -0.0313. The minimum absolute atomic E-state index is 0.276. The van der Waals surface area contributed by atoms with Crippen molar-refractivity contribution in [1.29, 1.82) is 0 Å². The van der Waals surface area contributed by atoms with Crippen LogP contribution in [0.1, 0.15) is 12.8 Å². The molecule has 0 amide bonds. The zero-order chi connectivity index (χ0) is 15.5. The molecule has 0 spiro atoms. The van der Waals surface area contributed by atoms with E-state index in [1.807, 2.05) is 0 Å². The van der Waals surface area contributed by atoms with Gasteiger partial charge in [-0.05, 0) is 30.9 Å². The first-order valence-electron chi connectivity index (χ1n) is 6.51. The van der Waals surface area contributed by atoms with Gasteiger partial charge in [0.15, 0.2) is 0 Å². The summed E-state index contributed by atoms with van der Waals surface area (Å²) in [6.07, 6.45) is 1.97. The lowest BCUT2D eigenvalue weighted by Gasteiger charge is -2.22. The molecule has 1 aliphatic rings. The van der Waals surface area contributed by atoms with Crippen LogP contribution in [0.25, 0.3) is 0 Å². The fourth-order valence-electron chi connectivity index (χ4n) is 2.21. The first kappa shape index (κ1) is 15.7. The summed E-state index contributed by atoms with van der Waals surface area (Å²) in [7, 11) is -3.96. The van der Waals surface area contributed by atoms with E-state index in [1.165, 1.54) is 12.1 Å². The number of hydrogen-bond acceptors (Lipinski definition) is 6. The van der Waals surface area contributed by atoms with Gasteiger partial charge in [-0.15, -0.1) is 0 Å². The third-order valence-corrected chi connectivity index (χ3v) is 4.24. The normalized spacial score (nSPS) is 19.2. The molecule has 0 radical (unpaired) electrons. The summed E-state index contributed by atoms with van der Waals surface area (Å²) in [5.74, 6) is 0.288. The number of nitro groups is 1. The minimum Gasteiger partial charge on any atom is -0.381 e. The molecule has 1 saturated heterocycles. The average Bonchev–Trinajstić information content (AvgIpc) is 2.45. The third kappa shape index (κ3) is 4.13. The number of benzene rings is 1. The Morgan fingerprint density at radius 3 is 2.81 bits per heavy atom. The van der Waals surface area contributed by atoms with E-state index in [1.54, 1.807) is 0 Å². The van der Waals surface area contributed by atoms with Crippen LogP contribution in [-0.2, 0) is 14.8 Å². The van der Waals surface area contributed by atoms with E-state index in [2.05, 4.69) is 5.32 Å². The van der Waals surface area contributed by atoms with Crippen LogP contribution in [0.3, 0.4) is 0 Å². The van der Waals surface area contributed by atoms with Crippen molar-refractivity contribution in [3.63, 3.8) is 0 Å². The number of nitrogens with one attached hydrogen (secondary N) is 1. The summed E-state index contributed by atoms with van der Waals surface area (Å²) in [6.45, 7) is 1.91. The molecule has 8 nitrogen and oxygen atoms in total. The van der Waals surface area contributed by atoms with Gasteiger partial charge in [0.25, 0.3) is 5.69 Å². The molecule has 116 valence electrons. The minimum atomic E-state index is -3.96. The van der Waals surface area contributed by atoms with E-state index in [4.69, 9.17) is 9.88 Å². The second-order valence-corrected chi connectivity index (χ2v) is 6.51. The molecule has 1 atom stereocenters. The summed E-state index contributed by atoms with van der Waals surface area (Å²) >= 11 is 0. The first-order valence-corrected chi connectivity index (χ1v) is 8.05. The fourth-order valence-corrected chi connectivity index (χ4v) is 2.75. The van der Waals surface area contributed by atoms with Crippen molar-refractivity contribution < 1.29 is 18.1 Å². The zero-order valence-corrected chi connectivity index (χ0v) is 12.1. The van der Waals surface area contributed by atoms with Crippen LogP contribution in [-0.4, -0.2) is 33.1 Å². The highest BCUT2D eigenvalue weighted by Gasteiger charge is 2.20. The number of hydrogen-bond donors (Lipinski definition) is 2. The Kier molecular flexibility index (Phi) is 4.76. The molecule has 0 bridgehead atoms. The van der Waals surface area contributed by atoms with Crippen molar-refractivity contribution in [3.05, 3.63) is 28.3 Å². The fraction of sp³-hybridized carbons (Fsp3) is 0.500.